The fourth-order valence-electron chi connectivity index (χ4n) is 1.86. The number of aryl methyl sites for hydroxylation is 1. The SMILES string of the molecule is Cc1ccc(NC(=O)CNC(C)Cn2cccn2)cc1. The minimum Gasteiger partial charge on any atom is -0.325 e. The van der Waals surface area contributed by atoms with Crippen LogP contribution in [0.4, 0.5) is 5.69 Å². The van der Waals surface area contributed by atoms with Crippen molar-refractivity contribution in [2.45, 2.75) is 26.4 Å². The highest BCUT2D eigenvalue weighted by molar-refractivity contribution is 5.92. The Morgan fingerprint density at radius 3 is 2.75 bits per heavy atom. The molecule has 0 aliphatic rings. The lowest BCUT2D eigenvalue weighted by Crippen LogP contribution is -2.36. The van der Waals surface area contributed by atoms with E-state index in [9.17, 15) is 4.79 Å². The van der Waals surface area contributed by atoms with Gasteiger partial charge in [-0.2, -0.15) is 5.10 Å². The minimum atomic E-state index is -0.0406. The molecule has 1 atom stereocenters. The second-order valence-electron chi connectivity index (χ2n) is 4.92. The molecule has 2 N–H and O–H groups in total. The lowest BCUT2D eigenvalue weighted by molar-refractivity contribution is -0.115. The van der Waals surface area contributed by atoms with Crippen LogP contribution in [0.5, 0.6) is 0 Å². The standard InChI is InChI=1S/C15H20N4O/c1-12-4-6-14(7-5-12)18-15(20)10-16-13(2)11-19-9-3-8-17-19/h3-9,13,16H,10-11H2,1-2H3,(H,18,20). The second-order valence-corrected chi connectivity index (χ2v) is 4.92. The normalized spacial score (nSPS) is 12.1. The van der Waals surface area contributed by atoms with E-state index in [0.717, 1.165) is 12.2 Å². The average Bonchev–Trinajstić information content (AvgIpc) is 2.92. The Morgan fingerprint density at radius 1 is 1.35 bits per heavy atom. The summed E-state index contributed by atoms with van der Waals surface area (Å²) in [6, 6.07) is 9.82. The van der Waals surface area contributed by atoms with Crippen LogP contribution in [-0.2, 0) is 11.3 Å². The third-order valence-electron chi connectivity index (χ3n) is 2.97. The molecular weight excluding hydrogens is 252 g/mol. The lowest BCUT2D eigenvalue weighted by atomic mass is 10.2. The quantitative estimate of drug-likeness (QED) is 0.843. The van der Waals surface area contributed by atoms with Crippen molar-refractivity contribution in [3.05, 3.63) is 48.3 Å². The van der Waals surface area contributed by atoms with E-state index in [0.29, 0.717) is 0 Å². The third kappa shape index (κ3) is 4.51. The molecule has 1 amide bonds. The predicted molar refractivity (Wildman–Crippen MR) is 79.5 cm³/mol. The predicted octanol–water partition coefficient (Wildman–Crippen LogP) is 1.81. The molecule has 1 unspecified atom stereocenters. The zero-order valence-corrected chi connectivity index (χ0v) is 11.8. The fraction of sp³-hybridized carbons (Fsp3) is 0.333. The number of rotatable bonds is 6. The maximum atomic E-state index is 11.8. The van der Waals surface area contributed by atoms with Crippen molar-refractivity contribution >= 4 is 11.6 Å². The summed E-state index contributed by atoms with van der Waals surface area (Å²) >= 11 is 0. The van der Waals surface area contributed by atoms with Crippen LogP contribution >= 0.6 is 0 Å². The van der Waals surface area contributed by atoms with Gasteiger partial charge in [0.2, 0.25) is 5.91 Å². The van der Waals surface area contributed by atoms with E-state index in [2.05, 4.69) is 15.7 Å². The van der Waals surface area contributed by atoms with E-state index in [1.807, 2.05) is 55.1 Å². The molecule has 0 saturated carbocycles. The number of carbonyl (C=O) groups excluding carboxylic acids is 1. The number of hydrogen-bond donors (Lipinski definition) is 2. The van der Waals surface area contributed by atoms with Gasteiger partial charge in [-0.05, 0) is 32.0 Å². The number of nitrogens with one attached hydrogen (secondary N) is 2. The maximum Gasteiger partial charge on any atom is 0.238 e. The summed E-state index contributed by atoms with van der Waals surface area (Å²) in [5.41, 5.74) is 2.00. The van der Waals surface area contributed by atoms with E-state index in [-0.39, 0.29) is 18.5 Å². The van der Waals surface area contributed by atoms with Gasteiger partial charge < -0.3 is 10.6 Å². The molecule has 1 aromatic heterocycles. The van der Waals surface area contributed by atoms with E-state index >= 15 is 0 Å². The van der Waals surface area contributed by atoms with Crippen molar-refractivity contribution in [3.8, 4) is 0 Å². The Balaban J connectivity index is 1.73. The monoisotopic (exact) mass is 272 g/mol. The van der Waals surface area contributed by atoms with Crippen LogP contribution in [0.2, 0.25) is 0 Å². The molecule has 2 aromatic rings. The van der Waals surface area contributed by atoms with Gasteiger partial charge in [-0.25, -0.2) is 0 Å². The average molecular weight is 272 g/mol. The van der Waals surface area contributed by atoms with Crippen molar-refractivity contribution in [3.63, 3.8) is 0 Å². The number of hydrogen-bond acceptors (Lipinski definition) is 3. The summed E-state index contributed by atoms with van der Waals surface area (Å²) in [5.74, 6) is -0.0406. The molecule has 0 saturated heterocycles. The first kappa shape index (κ1) is 14.3. The first-order chi connectivity index (χ1) is 9.63. The Hall–Kier alpha value is -2.14. The van der Waals surface area contributed by atoms with Gasteiger partial charge in [0, 0.05) is 24.1 Å². The Kier molecular flexibility index (Phi) is 4.90. The highest BCUT2D eigenvalue weighted by atomic mass is 16.1. The molecule has 106 valence electrons. The summed E-state index contributed by atoms with van der Waals surface area (Å²) in [6.45, 7) is 5.08. The molecule has 0 bridgehead atoms. The highest BCUT2D eigenvalue weighted by Crippen LogP contribution is 2.07. The number of anilines is 1. The van der Waals surface area contributed by atoms with Gasteiger partial charge in [-0.3, -0.25) is 9.48 Å². The van der Waals surface area contributed by atoms with E-state index in [1.165, 1.54) is 5.56 Å². The molecule has 20 heavy (non-hydrogen) atoms. The molecule has 0 aliphatic heterocycles. The van der Waals surface area contributed by atoms with Crippen molar-refractivity contribution in [2.24, 2.45) is 0 Å². The van der Waals surface area contributed by atoms with Crippen molar-refractivity contribution in [1.29, 1.82) is 0 Å². The molecule has 1 aromatic carbocycles. The molecule has 0 radical (unpaired) electrons. The summed E-state index contributed by atoms with van der Waals surface area (Å²) in [5, 5.41) is 10.2. The van der Waals surface area contributed by atoms with Crippen LogP contribution in [0.1, 0.15) is 12.5 Å². The molecule has 5 heteroatoms. The van der Waals surface area contributed by atoms with E-state index < -0.39 is 0 Å². The zero-order valence-electron chi connectivity index (χ0n) is 11.8. The summed E-state index contributed by atoms with van der Waals surface area (Å²) < 4.78 is 1.84. The van der Waals surface area contributed by atoms with Gasteiger partial charge in [0.05, 0.1) is 13.1 Å². The van der Waals surface area contributed by atoms with Crippen LogP contribution in [0.15, 0.2) is 42.7 Å². The molecular formula is C15H20N4O. The van der Waals surface area contributed by atoms with Gasteiger partial charge in [0.25, 0.3) is 0 Å². The summed E-state index contributed by atoms with van der Waals surface area (Å²) in [6.07, 6.45) is 3.65. The van der Waals surface area contributed by atoms with Crippen molar-refractivity contribution in [1.82, 2.24) is 15.1 Å². The summed E-state index contributed by atoms with van der Waals surface area (Å²) in [7, 11) is 0. The highest BCUT2D eigenvalue weighted by Gasteiger charge is 2.06. The van der Waals surface area contributed by atoms with Crippen LogP contribution in [0.25, 0.3) is 0 Å². The van der Waals surface area contributed by atoms with Gasteiger partial charge in [0.1, 0.15) is 0 Å². The molecule has 2 rings (SSSR count). The zero-order chi connectivity index (χ0) is 14.4. The first-order valence-electron chi connectivity index (χ1n) is 6.71. The number of carbonyl (C=O) groups is 1. The molecule has 0 spiro atoms. The van der Waals surface area contributed by atoms with Crippen LogP contribution in [-0.4, -0.2) is 28.3 Å². The van der Waals surface area contributed by atoms with Gasteiger partial charge in [-0.1, -0.05) is 17.7 Å². The van der Waals surface area contributed by atoms with Crippen molar-refractivity contribution in [2.75, 3.05) is 11.9 Å². The van der Waals surface area contributed by atoms with Crippen LogP contribution in [0, 0.1) is 6.92 Å². The molecule has 0 fully saturated rings. The second kappa shape index (κ2) is 6.86. The summed E-state index contributed by atoms with van der Waals surface area (Å²) in [4.78, 5) is 11.8. The Bertz CT molecular complexity index is 534. The topological polar surface area (TPSA) is 59.0 Å². The molecule has 0 aliphatic carbocycles. The van der Waals surface area contributed by atoms with Crippen LogP contribution < -0.4 is 10.6 Å². The van der Waals surface area contributed by atoms with Crippen molar-refractivity contribution < 1.29 is 4.79 Å². The van der Waals surface area contributed by atoms with Gasteiger partial charge in [-0.15, -0.1) is 0 Å². The fourth-order valence-corrected chi connectivity index (χ4v) is 1.86. The smallest absolute Gasteiger partial charge is 0.238 e. The largest absolute Gasteiger partial charge is 0.325 e. The minimum absolute atomic E-state index is 0.0406. The Labute approximate surface area is 119 Å². The molecule has 1 heterocycles. The third-order valence-corrected chi connectivity index (χ3v) is 2.97. The number of aromatic nitrogens is 2. The lowest BCUT2D eigenvalue weighted by Gasteiger charge is -2.13. The van der Waals surface area contributed by atoms with E-state index in [4.69, 9.17) is 0 Å². The van der Waals surface area contributed by atoms with E-state index in [1.54, 1.807) is 6.20 Å². The number of nitrogens with zero attached hydrogens (tertiary/aromatic N) is 2. The maximum absolute atomic E-state index is 11.8. The molecule has 5 nitrogen and oxygen atoms in total. The van der Waals surface area contributed by atoms with Crippen LogP contribution in [0.3, 0.4) is 0 Å². The number of benzene rings is 1. The van der Waals surface area contributed by atoms with Gasteiger partial charge in [0.15, 0.2) is 0 Å². The Morgan fingerprint density at radius 2 is 2.10 bits per heavy atom. The number of amides is 1. The first-order valence-corrected chi connectivity index (χ1v) is 6.71. The van der Waals surface area contributed by atoms with Gasteiger partial charge >= 0.3 is 0 Å².